The molecule has 0 aliphatic carbocycles. The van der Waals surface area contributed by atoms with E-state index in [2.05, 4.69) is 26.5 Å². The molecule has 0 bridgehead atoms. The van der Waals surface area contributed by atoms with E-state index in [9.17, 15) is 17.6 Å². The van der Waals surface area contributed by atoms with Crippen LogP contribution < -0.4 is 19.2 Å². The second-order valence-electron chi connectivity index (χ2n) is 5.74. The van der Waals surface area contributed by atoms with Crippen LogP contribution in [-0.2, 0) is 14.8 Å². The molecule has 0 saturated heterocycles. The van der Waals surface area contributed by atoms with Crippen LogP contribution >= 0.6 is 15.9 Å². The van der Waals surface area contributed by atoms with E-state index < -0.39 is 28.3 Å². The third-order valence-electron chi connectivity index (χ3n) is 3.69. The molecule has 3 rings (SSSR count). The predicted molar refractivity (Wildman–Crippen MR) is 105 cm³/mol. The number of hydrazone groups is 1. The number of para-hydroxylation sites is 1. The van der Waals surface area contributed by atoms with Crippen molar-refractivity contribution >= 4 is 43.8 Å². The molecular weight excluding hydrogens is 457 g/mol. The molecule has 0 aromatic heterocycles. The Kier molecular flexibility index (Phi) is 5.84. The predicted octanol–water partition coefficient (Wildman–Crippen LogP) is 2.23. The van der Waals surface area contributed by atoms with Gasteiger partial charge in [0.1, 0.15) is 12.4 Å². The maximum atomic E-state index is 14.0. The molecule has 1 heterocycles. The zero-order chi connectivity index (χ0) is 20.3. The van der Waals surface area contributed by atoms with Crippen LogP contribution in [0.2, 0.25) is 0 Å². The number of rotatable bonds is 6. The van der Waals surface area contributed by atoms with Crippen molar-refractivity contribution in [3.63, 3.8) is 0 Å². The zero-order valence-electron chi connectivity index (χ0n) is 14.6. The number of halogens is 2. The van der Waals surface area contributed by atoms with Gasteiger partial charge in [-0.25, -0.2) is 18.2 Å². The molecule has 11 heteroatoms. The molecule has 1 amide bonds. The minimum absolute atomic E-state index is 0.122. The Labute approximate surface area is 169 Å². The van der Waals surface area contributed by atoms with Gasteiger partial charge >= 0.3 is 0 Å². The normalized spacial score (nSPS) is 13.0. The lowest BCUT2D eigenvalue weighted by Crippen LogP contribution is -2.39. The summed E-state index contributed by atoms with van der Waals surface area (Å²) >= 11 is 3.35. The van der Waals surface area contributed by atoms with Crippen LogP contribution in [0.1, 0.15) is 5.56 Å². The number of anilines is 1. The van der Waals surface area contributed by atoms with Gasteiger partial charge in [0.05, 0.1) is 18.2 Å². The van der Waals surface area contributed by atoms with Crippen molar-refractivity contribution in [2.24, 2.45) is 5.10 Å². The van der Waals surface area contributed by atoms with Crippen LogP contribution in [-0.4, -0.2) is 40.1 Å². The average molecular weight is 472 g/mol. The molecule has 0 unspecified atom stereocenters. The summed E-state index contributed by atoms with van der Waals surface area (Å²) in [7, 11) is -3.88. The molecule has 148 valence electrons. The summed E-state index contributed by atoms with van der Waals surface area (Å²) in [5.41, 5.74) is 2.62. The quantitative estimate of drug-likeness (QED) is 0.514. The van der Waals surface area contributed by atoms with Crippen LogP contribution in [0.4, 0.5) is 10.1 Å². The smallest absolute Gasteiger partial charge is 0.260 e. The number of ether oxygens (including phenoxy) is 2. The van der Waals surface area contributed by atoms with Crippen molar-refractivity contribution in [1.29, 1.82) is 0 Å². The molecule has 2 aromatic rings. The Balaban J connectivity index is 1.71. The summed E-state index contributed by atoms with van der Waals surface area (Å²) in [6.45, 7) is -0.504. The standard InChI is InChI=1S/C17H15BrFN3O5S/c1-28(24,25)22(14-5-3-2-4-13(14)19)9-17(23)21-20-8-11-6-15-16(7-12(11)18)27-10-26-15/h2-8H,9-10H2,1H3,(H,21,23)/b20-8-. The number of hydrogen-bond donors (Lipinski definition) is 1. The summed E-state index contributed by atoms with van der Waals surface area (Å²) < 4.78 is 49.8. The number of nitrogens with zero attached hydrogens (tertiary/aromatic N) is 2. The molecular formula is C17H15BrFN3O5S. The van der Waals surface area contributed by atoms with Crippen LogP contribution in [0.5, 0.6) is 11.5 Å². The summed E-state index contributed by atoms with van der Waals surface area (Å²) in [5.74, 6) is -0.365. The fraction of sp³-hybridized carbons (Fsp3) is 0.176. The first-order chi connectivity index (χ1) is 13.3. The van der Waals surface area contributed by atoms with Gasteiger partial charge in [0, 0.05) is 10.0 Å². The van der Waals surface area contributed by atoms with E-state index in [1.807, 2.05) is 0 Å². The largest absolute Gasteiger partial charge is 0.454 e. The van der Waals surface area contributed by atoms with Crippen molar-refractivity contribution in [3.05, 3.63) is 52.3 Å². The maximum absolute atomic E-state index is 14.0. The molecule has 0 spiro atoms. The number of nitrogens with one attached hydrogen (secondary N) is 1. The summed E-state index contributed by atoms with van der Waals surface area (Å²) in [5, 5.41) is 3.81. The Hall–Kier alpha value is -2.66. The van der Waals surface area contributed by atoms with Gasteiger partial charge in [0.25, 0.3) is 5.91 Å². The maximum Gasteiger partial charge on any atom is 0.260 e. The van der Waals surface area contributed by atoms with Gasteiger partial charge < -0.3 is 9.47 Å². The zero-order valence-corrected chi connectivity index (χ0v) is 17.0. The highest BCUT2D eigenvalue weighted by Crippen LogP contribution is 2.36. The molecule has 0 fully saturated rings. The van der Waals surface area contributed by atoms with Crippen molar-refractivity contribution in [2.45, 2.75) is 0 Å². The number of hydrogen-bond acceptors (Lipinski definition) is 6. The Morgan fingerprint density at radius 3 is 2.68 bits per heavy atom. The number of carbonyl (C=O) groups is 1. The van der Waals surface area contributed by atoms with Gasteiger partial charge in [0.2, 0.25) is 16.8 Å². The molecule has 1 aliphatic rings. The van der Waals surface area contributed by atoms with Crippen molar-refractivity contribution < 1.29 is 27.1 Å². The lowest BCUT2D eigenvalue weighted by molar-refractivity contribution is -0.119. The average Bonchev–Trinajstić information content (AvgIpc) is 3.07. The van der Waals surface area contributed by atoms with Gasteiger partial charge in [-0.1, -0.05) is 12.1 Å². The Morgan fingerprint density at radius 2 is 2.00 bits per heavy atom. The SMILES string of the molecule is CS(=O)(=O)N(CC(=O)N/N=C\c1cc2c(cc1Br)OCO2)c1ccccc1F. The fourth-order valence-corrected chi connectivity index (χ4v) is 3.69. The first-order valence-electron chi connectivity index (χ1n) is 7.89. The first kappa shape index (κ1) is 20.1. The van der Waals surface area contributed by atoms with E-state index in [-0.39, 0.29) is 12.5 Å². The van der Waals surface area contributed by atoms with Crippen molar-refractivity contribution in [3.8, 4) is 11.5 Å². The number of fused-ring (bicyclic) bond motifs is 1. The van der Waals surface area contributed by atoms with Gasteiger partial charge in [-0.05, 0) is 40.2 Å². The highest BCUT2D eigenvalue weighted by molar-refractivity contribution is 9.10. The minimum Gasteiger partial charge on any atom is -0.454 e. The number of amides is 1. The summed E-state index contributed by atoms with van der Waals surface area (Å²) in [4.78, 5) is 12.1. The van der Waals surface area contributed by atoms with E-state index >= 15 is 0 Å². The molecule has 1 aliphatic heterocycles. The molecule has 0 atom stereocenters. The molecule has 1 N–H and O–H groups in total. The molecule has 2 aromatic carbocycles. The molecule has 0 radical (unpaired) electrons. The van der Waals surface area contributed by atoms with E-state index in [0.29, 0.717) is 25.8 Å². The summed E-state index contributed by atoms with van der Waals surface area (Å²) in [6.07, 6.45) is 2.25. The third kappa shape index (κ3) is 4.60. The van der Waals surface area contributed by atoms with E-state index in [4.69, 9.17) is 9.47 Å². The first-order valence-corrected chi connectivity index (χ1v) is 10.5. The van der Waals surface area contributed by atoms with Crippen LogP contribution in [0, 0.1) is 5.82 Å². The second-order valence-corrected chi connectivity index (χ2v) is 8.50. The number of benzene rings is 2. The lowest BCUT2D eigenvalue weighted by atomic mass is 10.2. The minimum atomic E-state index is -3.88. The molecule has 0 saturated carbocycles. The summed E-state index contributed by atoms with van der Waals surface area (Å²) in [6, 6.07) is 8.66. The monoisotopic (exact) mass is 471 g/mol. The molecule has 28 heavy (non-hydrogen) atoms. The van der Waals surface area contributed by atoms with E-state index in [1.165, 1.54) is 24.4 Å². The highest BCUT2D eigenvalue weighted by atomic mass is 79.9. The number of sulfonamides is 1. The Bertz CT molecular complexity index is 1050. The second kappa shape index (κ2) is 8.15. The van der Waals surface area contributed by atoms with Gasteiger partial charge in [-0.3, -0.25) is 9.10 Å². The van der Waals surface area contributed by atoms with Crippen molar-refractivity contribution in [2.75, 3.05) is 23.9 Å². The van der Waals surface area contributed by atoms with Crippen LogP contribution in [0.25, 0.3) is 0 Å². The highest BCUT2D eigenvalue weighted by Gasteiger charge is 2.23. The van der Waals surface area contributed by atoms with E-state index in [1.54, 1.807) is 12.1 Å². The topological polar surface area (TPSA) is 97.3 Å². The van der Waals surface area contributed by atoms with Crippen molar-refractivity contribution in [1.82, 2.24) is 5.43 Å². The lowest BCUT2D eigenvalue weighted by Gasteiger charge is -2.21. The molecule has 8 nitrogen and oxygen atoms in total. The van der Waals surface area contributed by atoms with E-state index in [0.717, 1.165) is 12.3 Å². The Morgan fingerprint density at radius 1 is 1.32 bits per heavy atom. The van der Waals surface area contributed by atoms with Gasteiger partial charge in [0.15, 0.2) is 11.5 Å². The van der Waals surface area contributed by atoms with Crippen LogP contribution in [0.3, 0.4) is 0 Å². The number of carbonyl (C=O) groups excluding carboxylic acids is 1. The van der Waals surface area contributed by atoms with Crippen LogP contribution in [0.15, 0.2) is 46.0 Å². The van der Waals surface area contributed by atoms with Gasteiger partial charge in [-0.15, -0.1) is 0 Å². The fourth-order valence-electron chi connectivity index (χ4n) is 2.41. The third-order valence-corrected chi connectivity index (χ3v) is 5.51. The van der Waals surface area contributed by atoms with Gasteiger partial charge in [-0.2, -0.15) is 5.10 Å².